The number of amides is 1. The molecule has 0 bridgehead atoms. The van der Waals surface area contributed by atoms with Crippen molar-refractivity contribution < 1.29 is 19.0 Å². The number of rotatable bonds is 1. The number of aliphatic imine (C=N–C) groups is 1. The van der Waals surface area contributed by atoms with Crippen LogP contribution in [0, 0.1) is 0 Å². The third-order valence-electron chi connectivity index (χ3n) is 5.06. The molecule has 1 spiro atoms. The van der Waals surface area contributed by atoms with Crippen molar-refractivity contribution in [3.63, 3.8) is 0 Å². The standard InChI is InChI=1S/C18H16N2O4/c19-17(21)10-1-2-13-11(5-10)18(8-20-13)9-24-14-7-16-15(6-12(14)18)22-3-4-23-16/h1-2,5-8,15-16H,3-4,9H2,(H2,19,21). The molecule has 3 aliphatic heterocycles. The zero-order valence-electron chi connectivity index (χ0n) is 12.9. The Bertz CT molecular complexity index is 841. The summed E-state index contributed by atoms with van der Waals surface area (Å²) in [5.41, 5.74) is 8.24. The lowest BCUT2D eigenvalue weighted by Gasteiger charge is -2.32. The van der Waals surface area contributed by atoms with Crippen LogP contribution in [0.1, 0.15) is 15.9 Å². The highest BCUT2D eigenvalue weighted by atomic mass is 16.6. The largest absolute Gasteiger partial charge is 0.492 e. The summed E-state index contributed by atoms with van der Waals surface area (Å²) < 4.78 is 17.5. The van der Waals surface area contributed by atoms with Crippen LogP contribution < -0.4 is 5.73 Å². The molecule has 5 rings (SSSR count). The number of benzene rings is 1. The van der Waals surface area contributed by atoms with Crippen LogP contribution in [0.2, 0.25) is 0 Å². The summed E-state index contributed by atoms with van der Waals surface area (Å²) in [6.45, 7) is 1.62. The molecular formula is C18H16N2O4. The van der Waals surface area contributed by atoms with E-state index in [-0.39, 0.29) is 12.2 Å². The van der Waals surface area contributed by atoms with Crippen LogP contribution in [0.3, 0.4) is 0 Å². The van der Waals surface area contributed by atoms with Crippen LogP contribution in [-0.4, -0.2) is 44.2 Å². The molecule has 2 saturated heterocycles. The molecule has 2 N–H and O–H groups in total. The Balaban J connectivity index is 1.63. The van der Waals surface area contributed by atoms with Gasteiger partial charge in [0.2, 0.25) is 5.91 Å². The van der Waals surface area contributed by atoms with Crippen molar-refractivity contribution in [1.82, 2.24) is 0 Å². The maximum absolute atomic E-state index is 11.6. The van der Waals surface area contributed by atoms with E-state index in [0.717, 1.165) is 22.6 Å². The molecule has 6 heteroatoms. The first-order chi connectivity index (χ1) is 11.7. The van der Waals surface area contributed by atoms with Crippen LogP contribution in [0.15, 0.2) is 46.7 Å². The predicted molar refractivity (Wildman–Crippen MR) is 86.4 cm³/mol. The minimum atomic E-state index is -0.488. The summed E-state index contributed by atoms with van der Waals surface area (Å²) >= 11 is 0. The third kappa shape index (κ3) is 1.78. The molecule has 24 heavy (non-hydrogen) atoms. The molecule has 4 aliphatic rings. The summed E-state index contributed by atoms with van der Waals surface area (Å²) in [7, 11) is 0. The quantitative estimate of drug-likeness (QED) is 0.846. The van der Waals surface area contributed by atoms with E-state index >= 15 is 0 Å². The monoisotopic (exact) mass is 324 g/mol. The van der Waals surface area contributed by atoms with Crippen LogP contribution in [-0.2, 0) is 19.6 Å². The van der Waals surface area contributed by atoms with Gasteiger partial charge >= 0.3 is 0 Å². The van der Waals surface area contributed by atoms with Gasteiger partial charge in [-0.25, -0.2) is 0 Å². The molecule has 0 saturated carbocycles. The van der Waals surface area contributed by atoms with Crippen molar-refractivity contribution in [3.05, 3.63) is 52.8 Å². The van der Waals surface area contributed by atoms with Gasteiger partial charge in [0.1, 0.15) is 24.6 Å². The number of allylic oxidation sites excluding steroid dienone is 1. The number of carbonyl (C=O) groups excluding carboxylic acids is 1. The molecule has 6 nitrogen and oxygen atoms in total. The Kier molecular flexibility index (Phi) is 2.78. The topological polar surface area (TPSA) is 83.1 Å². The molecule has 3 heterocycles. The number of nitrogens with zero attached hydrogens (tertiary/aromatic N) is 1. The minimum absolute atomic E-state index is 0.109. The van der Waals surface area contributed by atoms with Crippen molar-refractivity contribution in [2.75, 3.05) is 19.8 Å². The maximum Gasteiger partial charge on any atom is 0.248 e. The Morgan fingerprint density at radius 2 is 2.00 bits per heavy atom. The summed E-state index contributed by atoms with van der Waals surface area (Å²) in [5, 5.41) is 0. The van der Waals surface area contributed by atoms with E-state index in [1.165, 1.54) is 0 Å². The third-order valence-corrected chi connectivity index (χ3v) is 5.06. The summed E-state index contributed by atoms with van der Waals surface area (Å²) in [4.78, 5) is 16.1. The van der Waals surface area contributed by atoms with Gasteiger partial charge in [0, 0.05) is 17.4 Å². The van der Waals surface area contributed by atoms with Crippen LogP contribution >= 0.6 is 0 Å². The van der Waals surface area contributed by atoms with Crippen molar-refractivity contribution in [2.24, 2.45) is 10.7 Å². The van der Waals surface area contributed by atoms with E-state index in [0.29, 0.717) is 25.4 Å². The normalized spacial score (nSPS) is 32.5. The molecule has 0 radical (unpaired) electrons. The van der Waals surface area contributed by atoms with Gasteiger partial charge in [-0.3, -0.25) is 9.79 Å². The number of nitrogens with two attached hydrogens (primary N) is 1. The van der Waals surface area contributed by atoms with Crippen molar-refractivity contribution >= 4 is 17.8 Å². The highest BCUT2D eigenvalue weighted by Gasteiger charge is 2.50. The van der Waals surface area contributed by atoms with E-state index < -0.39 is 11.3 Å². The second kappa shape index (κ2) is 4.78. The molecule has 1 amide bonds. The van der Waals surface area contributed by atoms with Gasteiger partial charge in [-0.1, -0.05) is 0 Å². The number of fused-ring (bicyclic) bond motifs is 5. The highest BCUT2D eigenvalue weighted by molar-refractivity contribution is 5.97. The van der Waals surface area contributed by atoms with E-state index in [1.807, 2.05) is 24.4 Å². The summed E-state index contributed by atoms with van der Waals surface area (Å²) in [6.07, 6.45) is 5.73. The van der Waals surface area contributed by atoms with Gasteiger partial charge < -0.3 is 19.9 Å². The molecule has 2 fully saturated rings. The zero-order chi connectivity index (χ0) is 16.3. The average Bonchev–Trinajstić information content (AvgIpc) is 3.15. The van der Waals surface area contributed by atoms with E-state index in [4.69, 9.17) is 19.9 Å². The fourth-order valence-corrected chi connectivity index (χ4v) is 3.83. The van der Waals surface area contributed by atoms with Crippen LogP contribution in [0.5, 0.6) is 0 Å². The molecule has 3 unspecified atom stereocenters. The van der Waals surface area contributed by atoms with E-state index in [9.17, 15) is 4.79 Å². The van der Waals surface area contributed by atoms with Crippen molar-refractivity contribution in [1.29, 1.82) is 0 Å². The number of hydrogen-bond donors (Lipinski definition) is 1. The maximum atomic E-state index is 11.6. The Morgan fingerprint density at radius 1 is 1.21 bits per heavy atom. The molecule has 1 aromatic rings. The van der Waals surface area contributed by atoms with Crippen LogP contribution in [0.4, 0.5) is 5.69 Å². The number of carbonyl (C=O) groups is 1. The Morgan fingerprint density at radius 3 is 2.79 bits per heavy atom. The van der Waals surface area contributed by atoms with Crippen molar-refractivity contribution in [3.8, 4) is 0 Å². The first kappa shape index (κ1) is 13.9. The highest BCUT2D eigenvalue weighted by Crippen LogP contribution is 2.50. The average molecular weight is 324 g/mol. The second-order valence-corrected chi connectivity index (χ2v) is 6.40. The fourth-order valence-electron chi connectivity index (χ4n) is 3.83. The fraction of sp³-hybridized carbons (Fsp3) is 0.333. The van der Waals surface area contributed by atoms with Gasteiger partial charge in [-0.05, 0) is 35.9 Å². The number of primary amides is 1. The SMILES string of the molecule is NC(=O)c1ccc2c(c1)C1(C=N2)COC2=CC3OCCOC3C=C21. The lowest BCUT2D eigenvalue weighted by molar-refractivity contribution is -0.103. The first-order valence-corrected chi connectivity index (χ1v) is 7.97. The molecule has 0 aromatic heterocycles. The minimum Gasteiger partial charge on any atom is -0.492 e. The Hall–Kier alpha value is -2.44. The number of hydrogen-bond acceptors (Lipinski definition) is 5. The van der Waals surface area contributed by atoms with Gasteiger partial charge in [0.05, 0.1) is 24.3 Å². The summed E-state index contributed by atoms with van der Waals surface area (Å²) in [5.74, 6) is 0.363. The van der Waals surface area contributed by atoms with Gasteiger partial charge in [-0.2, -0.15) is 0 Å². The number of ether oxygens (including phenoxy) is 3. The van der Waals surface area contributed by atoms with Crippen molar-refractivity contribution in [2.45, 2.75) is 17.6 Å². The van der Waals surface area contributed by atoms with E-state index in [1.54, 1.807) is 6.07 Å². The van der Waals surface area contributed by atoms with Crippen LogP contribution in [0.25, 0.3) is 0 Å². The van der Waals surface area contributed by atoms with Gasteiger partial charge in [0.15, 0.2) is 0 Å². The van der Waals surface area contributed by atoms with Gasteiger partial charge in [-0.15, -0.1) is 0 Å². The Labute approximate surface area is 138 Å². The van der Waals surface area contributed by atoms with Gasteiger partial charge in [0.25, 0.3) is 0 Å². The molecule has 3 atom stereocenters. The van der Waals surface area contributed by atoms with E-state index in [2.05, 4.69) is 11.1 Å². The molecule has 122 valence electrons. The molecule has 1 aliphatic carbocycles. The predicted octanol–water partition coefficient (Wildman–Crippen LogP) is 1.38. The smallest absolute Gasteiger partial charge is 0.248 e. The second-order valence-electron chi connectivity index (χ2n) is 6.40. The molecular weight excluding hydrogens is 308 g/mol. The lowest BCUT2D eigenvalue weighted by Crippen LogP contribution is -2.39. The lowest BCUT2D eigenvalue weighted by atomic mass is 9.75. The molecule has 1 aromatic carbocycles. The first-order valence-electron chi connectivity index (χ1n) is 7.97. The summed E-state index contributed by atoms with van der Waals surface area (Å²) in [6, 6.07) is 5.35. The zero-order valence-corrected chi connectivity index (χ0v) is 12.9.